The second-order valence-electron chi connectivity index (χ2n) is 1.85. The molecular formula is C5H6F3NO2. The molecular weight excluding hydrogens is 163 g/mol. The van der Waals surface area contributed by atoms with Crippen LogP contribution in [-0.4, -0.2) is 17.3 Å². The minimum atomic E-state index is -4.45. The van der Waals surface area contributed by atoms with Gasteiger partial charge in [0.25, 0.3) is 0 Å². The van der Waals surface area contributed by atoms with Crippen molar-refractivity contribution in [2.75, 3.05) is 0 Å². The smallest absolute Gasteiger partial charge is 0.394 e. The maximum atomic E-state index is 11.4. The SMILES string of the molecule is NC(=CC(=O)O)CC(F)(F)F. The lowest BCUT2D eigenvalue weighted by atomic mass is 10.3. The highest BCUT2D eigenvalue weighted by atomic mass is 19.4. The fraction of sp³-hybridized carbons (Fsp3) is 0.400. The van der Waals surface area contributed by atoms with Crippen LogP contribution in [0.5, 0.6) is 0 Å². The molecule has 11 heavy (non-hydrogen) atoms. The third kappa shape index (κ3) is 6.69. The average molecular weight is 169 g/mol. The topological polar surface area (TPSA) is 63.3 Å². The maximum absolute atomic E-state index is 11.4. The second-order valence-corrected chi connectivity index (χ2v) is 1.85. The van der Waals surface area contributed by atoms with E-state index >= 15 is 0 Å². The molecule has 6 heteroatoms. The molecule has 0 bridgehead atoms. The summed E-state index contributed by atoms with van der Waals surface area (Å²) < 4.78 is 34.3. The van der Waals surface area contributed by atoms with Crippen LogP contribution in [0.15, 0.2) is 11.8 Å². The van der Waals surface area contributed by atoms with E-state index in [1.54, 1.807) is 0 Å². The molecule has 0 aromatic rings. The number of aliphatic carboxylic acids is 1. The van der Waals surface area contributed by atoms with Crippen molar-refractivity contribution in [1.29, 1.82) is 0 Å². The predicted molar refractivity (Wildman–Crippen MR) is 30.6 cm³/mol. The predicted octanol–water partition coefficient (Wildman–Crippen LogP) is 0.866. The number of nitrogens with two attached hydrogens (primary N) is 1. The van der Waals surface area contributed by atoms with Gasteiger partial charge in [-0.2, -0.15) is 13.2 Å². The van der Waals surface area contributed by atoms with Crippen molar-refractivity contribution in [3.05, 3.63) is 11.8 Å². The highest BCUT2D eigenvalue weighted by Gasteiger charge is 2.28. The van der Waals surface area contributed by atoms with Crippen LogP contribution in [0.25, 0.3) is 0 Å². The lowest BCUT2D eigenvalue weighted by molar-refractivity contribution is -0.132. The molecule has 64 valence electrons. The van der Waals surface area contributed by atoms with Gasteiger partial charge in [-0.1, -0.05) is 0 Å². The molecule has 3 nitrogen and oxygen atoms in total. The Hall–Kier alpha value is -1.20. The molecule has 0 aliphatic rings. The van der Waals surface area contributed by atoms with Gasteiger partial charge < -0.3 is 10.8 Å². The van der Waals surface area contributed by atoms with Gasteiger partial charge in [0.15, 0.2) is 0 Å². The summed E-state index contributed by atoms with van der Waals surface area (Å²) >= 11 is 0. The molecule has 0 aliphatic heterocycles. The highest BCUT2D eigenvalue weighted by Crippen LogP contribution is 2.21. The fourth-order valence-corrected chi connectivity index (χ4v) is 0.441. The van der Waals surface area contributed by atoms with Crippen LogP contribution < -0.4 is 5.73 Å². The summed E-state index contributed by atoms with van der Waals surface area (Å²) in [5.74, 6) is -1.48. The zero-order valence-corrected chi connectivity index (χ0v) is 5.35. The quantitative estimate of drug-likeness (QED) is 0.602. The Bertz CT molecular complexity index is 185. The molecule has 3 N–H and O–H groups in total. The van der Waals surface area contributed by atoms with Gasteiger partial charge in [0.05, 0.1) is 6.42 Å². The molecule has 0 radical (unpaired) electrons. The van der Waals surface area contributed by atoms with Crippen molar-refractivity contribution < 1.29 is 23.1 Å². The first-order chi connectivity index (χ1) is 4.81. The zero-order chi connectivity index (χ0) is 9.07. The van der Waals surface area contributed by atoms with Gasteiger partial charge in [0.1, 0.15) is 0 Å². The Morgan fingerprint density at radius 3 is 2.27 bits per heavy atom. The van der Waals surface area contributed by atoms with E-state index in [1.165, 1.54) is 0 Å². The van der Waals surface area contributed by atoms with Crippen LogP contribution in [0, 0.1) is 0 Å². The summed E-state index contributed by atoms with van der Waals surface area (Å²) in [5.41, 5.74) is 4.02. The van der Waals surface area contributed by atoms with E-state index in [9.17, 15) is 18.0 Å². The molecule has 0 aromatic heterocycles. The summed E-state index contributed by atoms with van der Waals surface area (Å²) in [5, 5.41) is 7.96. The molecule has 0 spiro atoms. The number of halogens is 3. The van der Waals surface area contributed by atoms with Crippen LogP contribution in [0.2, 0.25) is 0 Å². The highest BCUT2D eigenvalue weighted by molar-refractivity contribution is 5.80. The minimum absolute atomic E-state index is 0.327. The van der Waals surface area contributed by atoms with Crippen molar-refractivity contribution in [2.24, 2.45) is 5.73 Å². The lowest BCUT2D eigenvalue weighted by Gasteiger charge is -2.04. The summed E-state index contributed by atoms with van der Waals surface area (Å²) in [7, 11) is 0. The van der Waals surface area contributed by atoms with E-state index in [0.717, 1.165) is 0 Å². The molecule has 0 saturated carbocycles. The molecule has 0 fully saturated rings. The third-order valence-corrected chi connectivity index (χ3v) is 0.713. The van der Waals surface area contributed by atoms with Gasteiger partial charge >= 0.3 is 12.1 Å². The summed E-state index contributed by atoms with van der Waals surface area (Å²) in [6.45, 7) is 0. The number of carboxylic acid groups (broad SMARTS) is 1. The number of hydrogen-bond donors (Lipinski definition) is 2. The number of carbonyl (C=O) groups is 1. The van der Waals surface area contributed by atoms with Crippen LogP contribution in [0.4, 0.5) is 13.2 Å². The van der Waals surface area contributed by atoms with E-state index in [1.807, 2.05) is 0 Å². The normalized spacial score (nSPS) is 13.2. The Labute approximate surface area is 60.3 Å². The minimum Gasteiger partial charge on any atom is -0.478 e. The molecule has 0 unspecified atom stereocenters. The molecule has 0 atom stereocenters. The Balaban J connectivity index is 4.07. The first-order valence-electron chi connectivity index (χ1n) is 2.57. The van der Waals surface area contributed by atoms with Gasteiger partial charge in [-0.15, -0.1) is 0 Å². The average Bonchev–Trinajstić information content (AvgIpc) is 1.53. The first kappa shape index (κ1) is 9.80. The van der Waals surface area contributed by atoms with Crippen LogP contribution in [0.3, 0.4) is 0 Å². The van der Waals surface area contributed by atoms with Crippen LogP contribution in [-0.2, 0) is 4.79 Å². The van der Waals surface area contributed by atoms with Crippen molar-refractivity contribution >= 4 is 5.97 Å². The molecule has 0 saturated heterocycles. The number of allylic oxidation sites excluding steroid dienone is 1. The van der Waals surface area contributed by atoms with Gasteiger partial charge in [-0.25, -0.2) is 4.79 Å². The standard InChI is InChI=1S/C5H6F3NO2/c6-5(7,8)2-3(9)1-4(10)11/h1H,2,9H2,(H,10,11). The van der Waals surface area contributed by atoms with E-state index in [-0.39, 0.29) is 0 Å². The third-order valence-electron chi connectivity index (χ3n) is 0.713. The zero-order valence-electron chi connectivity index (χ0n) is 5.35. The molecule has 0 rings (SSSR count). The number of carboxylic acids is 1. The van der Waals surface area contributed by atoms with E-state index in [2.05, 4.69) is 0 Å². The molecule has 0 heterocycles. The van der Waals surface area contributed by atoms with E-state index in [4.69, 9.17) is 10.8 Å². The summed E-state index contributed by atoms with van der Waals surface area (Å²) in [6, 6.07) is 0. The number of alkyl halides is 3. The van der Waals surface area contributed by atoms with Crippen LogP contribution >= 0.6 is 0 Å². The Morgan fingerprint density at radius 2 is 2.00 bits per heavy atom. The van der Waals surface area contributed by atoms with Crippen molar-refractivity contribution in [2.45, 2.75) is 12.6 Å². The van der Waals surface area contributed by atoms with Gasteiger partial charge in [0, 0.05) is 11.8 Å². The van der Waals surface area contributed by atoms with Gasteiger partial charge in [-0.05, 0) is 0 Å². The van der Waals surface area contributed by atoms with Gasteiger partial charge in [-0.3, -0.25) is 0 Å². The molecule has 0 aromatic carbocycles. The second kappa shape index (κ2) is 3.27. The van der Waals surface area contributed by atoms with E-state index < -0.39 is 24.3 Å². The lowest BCUT2D eigenvalue weighted by Crippen LogP contribution is -2.14. The van der Waals surface area contributed by atoms with Crippen molar-refractivity contribution in [1.82, 2.24) is 0 Å². The summed E-state index contributed by atoms with van der Waals surface area (Å²) in [6.07, 6.45) is -5.51. The van der Waals surface area contributed by atoms with Crippen molar-refractivity contribution in [3.8, 4) is 0 Å². The molecule has 0 amide bonds. The Kier molecular flexibility index (Phi) is 2.91. The van der Waals surface area contributed by atoms with Gasteiger partial charge in [0.2, 0.25) is 0 Å². The van der Waals surface area contributed by atoms with Crippen LogP contribution in [0.1, 0.15) is 6.42 Å². The first-order valence-corrected chi connectivity index (χ1v) is 2.57. The van der Waals surface area contributed by atoms with Crippen molar-refractivity contribution in [3.63, 3.8) is 0 Å². The molecule has 0 aliphatic carbocycles. The summed E-state index contributed by atoms with van der Waals surface area (Å²) in [4.78, 5) is 9.77. The fourth-order valence-electron chi connectivity index (χ4n) is 0.441. The Morgan fingerprint density at radius 1 is 1.55 bits per heavy atom. The number of rotatable bonds is 2. The number of hydrogen-bond acceptors (Lipinski definition) is 2. The largest absolute Gasteiger partial charge is 0.478 e. The monoisotopic (exact) mass is 169 g/mol. The maximum Gasteiger partial charge on any atom is 0.394 e. The van der Waals surface area contributed by atoms with E-state index in [0.29, 0.717) is 6.08 Å².